The molecule has 1 aromatic rings. The second kappa shape index (κ2) is 12.6. The molecule has 2 rings (SSSR count). The molecular weight excluding hydrogens is 398 g/mol. The molecule has 1 saturated heterocycles. The molecule has 1 heterocycles. The predicted molar refractivity (Wildman–Crippen MR) is 128 cm³/mol. The summed E-state index contributed by atoms with van der Waals surface area (Å²) in [6.07, 6.45) is 0.404. The van der Waals surface area contributed by atoms with Crippen molar-refractivity contribution in [3.8, 4) is 0 Å². The number of amides is 1. The van der Waals surface area contributed by atoms with E-state index in [1.54, 1.807) is 0 Å². The van der Waals surface area contributed by atoms with Crippen LogP contribution in [0.5, 0.6) is 0 Å². The van der Waals surface area contributed by atoms with Gasteiger partial charge in [-0.05, 0) is 51.8 Å². The number of nitrogens with zero attached hydrogens (tertiary/aromatic N) is 2. The highest BCUT2D eigenvalue weighted by Gasteiger charge is 2.15. The Morgan fingerprint density at radius 2 is 1.77 bits per heavy atom. The number of hydrogen-bond acceptors (Lipinski definition) is 5. The van der Waals surface area contributed by atoms with Crippen LogP contribution in [0.1, 0.15) is 39.7 Å². The number of benzene rings is 1. The number of ether oxygens (including phenoxy) is 1. The van der Waals surface area contributed by atoms with Gasteiger partial charge in [-0.15, -0.1) is 0 Å². The molecule has 0 aromatic heterocycles. The largest absolute Gasteiger partial charge is 0.444 e. The molecule has 3 N–H and O–H groups in total. The fraction of sp³-hybridized carbons (Fsp3) is 0.636. The van der Waals surface area contributed by atoms with E-state index in [0.717, 1.165) is 32.0 Å². The lowest BCUT2D eigenvalue weighted by atomic mass is 10.2. The number of rotatable bonds is 8. The van der Waals surface area contributed by atoms with Gasteiger partial charge in [-0.1, -0.05) is 12.1 Å². The van der Waals surface area contributed by atoms with Gasteiger partial charge in [0.2, 0.25) is 0 Å². The number of carbonyl (C=O) groups excluding carboxylic acids is 1. The van der Waals surface area contributed by atoms with Gasteiger partial charge < -0.3 is 25.6 Å². The molecule has 0 saturated carbocycles. The third-order valence-electron chi connectivity index (χ3n) is 4.39. The molecule has 0 spiro atoms. The lowest BCUT2D eigenvalue weighted by Gasteiger charge is -2.28. The van der Waals surface area contributed by atoms with Gasteiger partial charge in [0.25, 0.3) is 0 Å². The van der Waals surface area contributed by atoms with E-state index in [4.69, 9.17) is 4.74 Å². The molecule has 1 aliphatic rings. The zero-order valence-electron chi connectivity index (χ0n) is 18.8. The first-order chi connectivity index (χ1) is 14.4. The van der Waals surface area contributed by atoms with Gasteiger partial charge in [0.15, 0.2) is 5.96 Å². The summed E-state index contributed by atoms with van der Waals surface area (Å²) >= 11 is 2.02. The first kappa shape index (κ1) is 24.2. The zero-order valence-corrected chi connectivity index (χ0v) is 19.6. The van der Waals surface area contributed by atoms with Crippen molar-refractivity contribution in [3.05, 3.63) is 29.8 Å². The third-order valence-corrected chi connectivity index (χ3v) is 5.33. The molecule has 0 atom stereocenters. The van der Waals surface area contributed by atoms with Crippen molar-refractivity contribution in [2.24, 2.45) is 4.99 Å². The van der Waals surface area contributed by atoms with Crippen molar-refractivity contribution in [3.63, 3.8) is 0 Å². The van der Waals surface area contributed by atoms with Crippen LogP contribution >= 0.6 is 11.8 Å². The van der Waals surface area contributed by atoms with Crippen LogP contribution in [0.2, 0.25) is 0 Å². The van der Waals surface area contributed by atoms with Crippen molar-refractivity contribution in [1.82, 2.24) is 16.0 Å². The zero-order chi connectivity index (χ0) is 21.8. The lowest BCUT2D eigenvalue weighted by molar-refractivity contribution is 0.0527. The van der Waals surface area contributed by atoms with Gasteiger partial charge in [0.05, 0.1) is 6.54 Å². The van der Waals surface area contributed by atoms with Crippen LogP contribution in [0.3, 0.4) is 0 Å². The first-order valence-electron chi connectivity index (χ1n) is 10.8. The highest BCUT2D eigenvalue weighted by molar-refractivity contribution is 7.99. The maximum Gasteiger partial charge on any atom is 0.407 e. The van der Waals surface area contributed by atoms with Crippen molar-refractivity contribution >= 4 is 29.5 Å². The van der Waals surface area contributed by atoms with Crippen molar-refractivity contribution < 1.29 is 9.53 Å². The fourth-order valence-corrected chi connectivity index (χ4v) is 3.85. The maximum atomic E-state index is 11.6. The number of thioether (sulfide) groups is 1. The monoisotopic (exact) mass is 435 g/mol. The van der Waals surface area contributed by atoms with E-state index < -0.39 is 5.60 Å². The van der Waals surface area contributed by atoms with E-state index in [-0.39, 0.29) is 6.09 Å². The average Bonchev–Trinajstić information content (AvgIpc) is 2.71. The number of hydrogen-bond donors (Lipinski definition) is 3. The lowest BCUT2D eigenvalue weighted by Crippen LogP contribution is -2.39. The van der Waals surface area contributed by atoms with Crippen LogP contribution in [-0.4, -0.2) is 61.9 Å². The Morgan fingerprint density at radius 3 is 2.40 bits per heavy atom. The molecule has 7 nitrogen and oxygen atoms in total. The summed E-state index contributed by atoms with van der Waals surface area (Å²) in [5.41, 5.74) is 2.01. The van der Waals surface area contributed by atoms with Crippen molar-refractivity contribution in [1.29, 1.82) is 0 Å². The van der Waals surface area contributed by atoms with E-state index in [9.17, 15) is 4.79 Å². The second-order valence-electron chi connectivity index (χ2n) is 8.17. The molecule has 0 unspecified atom stereocenters. The van der Waals surface area contributed by atoms with Gasteiger partial charge >= 0.3 is 6.09 Å². The minimum Gasteiger partial charge on any atom is -0.444 e. The second-order valence-corrected chi connectivity index (χ2v) is 9.39. The van der Waals surface area contributed by atoms with Crippen LogP contribution in [0.4, 0.5) is 10.5 Å². The van der Waals surface area contributed by atoms with Gasteiger partial charge in [0, 0.05) is 49.9 Å². The van der Waals surface area contributed by atoms with Crippen molar-refractivity contribution in [2.75, 3.05) is 49.1 Å². The Morgan fingerprint density at radius 1 is 1.10 bits per heavy atom. The quantitative estimate of drug-likeness (QED) is 0.331. The molecule has 8 heteroatoms. The number of carbonyl (C=O) groups is 1. The summed E-state index contributed by atoms with van der Waals surface area (Å²) in [7, 11) is 0. The van der Waals surface area contributed by atoms with Crippen LogP contribution in [0.15, 0.2) is 29.3 Å². The van der Waals surface area contributed by atoms with Gasteiger partial charge in [0.1, 0.15) is 5.60 Å². The molecule has 0 aliphatic carbocycles. The Bertz CT molecular complexity index is 667. The standard InChI is InChI=1S/C22H37N5O2S/c1-5-23-20(24-11-6-12-25-21(28)29-22(2,3)4)26-17-18-7-9-19(10-8-18)27-13-15-30-16-14-27/h7-10H,5-6,11-17H2,1-4H3,(H,25,28)(H2,23,24,26). The predicted octanol–water partition coefficient (Wildman–Crippen LogP) is 3.21. The van der Waals surface area contributed by atoms with Crippen LogP contribution in [0.25, 0.3) is 0 Å². The van der Waals surface area contributed by atoms with Gasteiger partial charge in [-0.3, -0.25) is 0 Å². The van der Waals surface area contributed by atoms with E-state index in [1.807, 2.05) is 39.5 Å². The Hall–Kier alpha value is -2.09. The molecule has 1 fully saturated rings. The van der Waals surface area contributed by atoms with E-state index in [2.05, 4.69) is 50.1 Å². The molecular formula is C22H37N5O2S. The number of nitrogens with one attached hydrogen (secondary N) is 3. The summed E-state index contributed by atoms with van der Waals surface area (Å²) < 4.78 is 5.23. The number of alkyl carbamates (subject to hydrolysis) is 1. The molecule has 1 aliphatic heterocycles. The number of aliphatic imine (C=N–C) groups is 1. The van der Waals surface area contributed by atoms with E-state index >= 15 is 0 Å². The topological polar surface area (TPSA) is 78.0 Å². The van der Waals surface area contributed by atoms with Gasteiger partial charge in [-0.25, -0.2) is 9.79 Å². The summed E-state index contributed by atoms with van der Waals surface area (Å²) in [4.78, 5) is 18.8. The summed E-state index contributed by atoms with van der Waals surface area (Å²) in [6.45, 7) is 12.6. The van der Waals surface area contributed by atoms with Crippen LogP contribution in [-0.2, 0) is 11.3 Å². The molecule has 1 aromatic carbocycles. The van der Waals surface area contributed by atoms with Crippen molar-refractivity contribution in [2.45, 2.75) is 46.3 Å². The van der Waals surface area contributed by atoms with Crippen LogP contribution in [0, 0.1) is 0 Å². The normalized spacial score (nSPS) is 14.9. The van der Waals surface area contributed by atoms with E-state index in [0.29, 0.717) is 19.6 Å². The summed E-state index contributed by atoms with van der Waals surface area (Å²) in [5, 5.41) is 9.34. The number of guanidine groups is 1. The Labute approximate surface area is 185 Å². The van der Waals surface area contributed by atoms with E-state index in [1.165, 1.54) is 22.8 Å². The Kier molecular flexibility index (Phi) is 10.1. The minimum atomic E-state index is -0.474. The maximum absolute atomic E-state index is 11.6. The Balaban J connectivity index is 1.73. The minimum absolute atomic E-state index is 0.380. The average molecular weight is 436 g/mol. The number of anilines is 1. The molecule has 1 amide bonds. The summed E-state index contributed by atoms with van der Waals surface area (Å²) in [6, 6.07) is 8.72. The van der Waals surface area contributed by atoms with Gasteiger partial charge in [-0.2, -0.15) is 11.8 Å². The first-order valence-corrected chi connectivity index (χ1v) is 11.9. The molecule has 0 bridgehead atoms. The SMILES string of the molecule is CCNC(=NCc1ccc(N2CCSCC2)cc1)NCCCNC(=O)OC(C)(C)C. The summed E-state index contributed by atoms with van der Waals surface area (Å²) in [5.74, 6) is 3.19. The highest BCUT2D eigenvalue weighted by atomic mass is 32.2. The molecule has 168 valence electrons. The molecule has 0 radical (unpaired) electrons. The third kappa shape index (κ3) is 9.61. The highest BCUT2D eigenvalue weighted by Crippen LogP contribution is 2.20. The smallest absolute Gasteiger partial charge is 0.407 e. The fourth-order valence-electron chi connectivity index (χ4n) is 2.95. The van der Waals surface area contributed by atoms with Crippen LogP contribution < -0.4 is 20.9 Å². The molecule has 30 heavy (non-hydrogen) atoms.